The van der Waals surface area contributed by atoms with Crippen molar-refractivity contribution in [2.45, 2.75) is 62.5 Å². The highest BCUT2D eigenvalue weighted by Crippen LogP contribution is 2.30. The van der Waals surface area contributed by atoms with Gasteiger partial charge >= 0.3 is 0 Å². The first-order valence-electron chi connectivity index (χ1n) is 13.8. The van der Waals surface area contributed by atoms with E-state index in [4.69, 9.17) is 27.9 Å². The van der Waals surface area contributed by atoms with E-state index in [-0.39, 0.29) is 29.1 Å². The van der Waals surface area contributed by atoms with E-state index in [9.17, 15) is 18.0 Å². The monoisotopic (exact) mass is 665 g/mol. The predicted octanol–water partition coefficient (Wildman–Crippen LogP) is 6.64. The number of carbonyl (C=O) groups excluding carboxylic acids is 2. The third kappa shape index (κ3) is 8.81. The molecule has 0 aliphatic rings. The zero-order valence-corrected chi connectivity index (χ0v) is 28.0. The standard InChI is InChI=1S/C31H37Cl2N3O5S2/c1-6-21(3)34-31(38)22(4)35(19-27-28(32)9-8-10-29(27)33)30(37)20-36(23-11-13-24(14-12-23)41-7-2)43(39,40)26-17-15-25(42-5)16-18-26/h8-18,21-22H,6-7,19-20H2,1-5H3,(H,34,38)/t21-,22+/m1/s1. The molecule has 3 aromatic rings. The van der Waals surface area contributed by atoms with Crippen molar-refractivity contribution in [1.29, 1.82) is 0 Å². The molecule has 2 atom stereocenters. The van der Waals surface area contributed by atoms with Crippen molar-refractivity contribution in [1.82, 2.24) is 10.2 Å². The summed E-state index contributed by atoms with van der Waals surface area (Å²) in [4.78, 5) is 29.6. The van der Waals surface area contributed by atoms with Gasteiger partial charge in [-0.3, -0.25) is 13.9 Å². The van der Waals surface area contributed by atoms with Gasteiger partial charge in [0.05, 0.1) is 17.2 Å². The second-order valence-corrected chi connectivity index (χ2v) is 13.4. The number of thioether (sulfide) groups is 1. The van der Waals surface area contributed by atoms with Crippen LogP contribution in [0, 0.1) is 0 Å². The fraction of sp³-hybridized carbons (Fsp3) is 0.355. The lowest BCUT2D eigenvalue weighted by atomic mass is 10.1. The average molecular weight is 667 g/mol. The van der Waals surface area contributed by atoms with E-state index in [1.807, 2.05) is 27.0 Å². The Balaban J connectivity index is 2.07. The summed E-state index contributed by atoms with van der Waals surface area (Å²) in [6, 6.07) is 16.8. The molecule has 3 rings (SSSR count). The lowest BCUT2D eigenvalue weighted by Gasteiger charge is -2.33. The topological polar surface area (TPSA) is 96.0 Å². The number of rotatable bonds is 14. The lowest BCUT2D eigenvalue weighted by molar-refractivity contribution is -0.139. The number of ether oxygens (including phenoxy) is 1. The quantitative estimate of drug-likeness (QED) is 0.194. The number of carbonyl (C=O) groups is 2. The van der Waals surface area contributed by atoms with Crippen molar-refractivity contribution in [2.24, 2.45) is 0 Å². The van der Waals surface area contributed by atoms with Crippen LogP contribution in [-0.4, -0.2) is 56.6 Å². The minimum absolute atomic E-state index is 0.0234. The van der Waals surface area contributed by atoms with Crippen LogP contribution in [0.4, 0.5) is 5.69 Å². The Bertz CT molecular complexity index is 1480. The van der Waals surface area contributed by atoms with E-state index in [1.54, 1.807) is 61.5 Å². The summed E-state index contributed by atoms with van der Waals surface area (Å²) < 4.78 is 34.7. The first-order chi connectivity index (χ1) is 20.4. The number of nitrogens with one attached hydrogen (secondary N) is 1. The fourth-order valence-electron chi connectivity index (χ4n) is 4.18. The molecule has 8 nitrogen and oxygen atoms in total. The van der Waals surface area contributed by atoms with Gasteiger partial charge in [-0.1, -0.05) is 36.2 Å². The Morgan fingerprint density at radius 1 is 0.953 bits per heavy atom. The molecule has 3 aromatic carbocycles. The SMILES string of the molecule is CCOc1ccc(N(CC(=O)N(Cc2c(Cl)cccc2Cl)[C@@H](C)C(=O)N[C@H](C)CC)S(=O)(=O)c2ccc(SC)cc2)cc1. The molecule has 0 spiro atoms. The van der Waals surface area contributed by atoms with Crippen LogP contribution in [0.2, 0.25) is 10.0 Å². The molecular formula is C31H37Cl2N3O5S2. The maximum absolute atomic E-state index is 14.1. The highest BCUT2D eigenvalue weighted by Gasteiger charge is 2.33. The van der Waals surface area contributed by atoms with E-state index in [0.29, 0.717) is 34.4 Å². The van der Waals surface area contributed by atoms with Gasteiger partial charge in [0.1, 0.15) is 18.3 Å². The lowest BCUT2D eigenvalue weighted by Crippen LogP contribution is -2.52. The fourth-order valence-corrected chi connectivity index (χ4v) is 6.52. The zero-order chi connectivity index (χ0) is 31.7. The summed E-state index contributed by atoms with van der Waals surface area (Å²) in [7, 11) is -4.21. The van der Waals surface area contributed by atoms with Gasteiger partial charge in [0.15, 0.2) is 0 Å². The molecule has 0 saturated carbocycles. The van der Waals surface area contributed by atoms with Gasteiger partial charge < -0.3 is 15.0 Å². The molecule has 0 radical (unpaired) electrons. The zero-order valence-electron chi connectivity index (χ0n) is 24.8. The third-order valence-electron chi connectivity index (χ3n) is 6.92. The number of sulfonamides is 1. The van der Waals surface area contributed by atoms with Gasteiger partial charge in [-0.05, 0) is 94.1 Å². The molecule has 0 fully saturated rings. The second kappa shape index (κ2) is 15.7. The summed E-state index contributed by atoms with van der Waals surface area (Å²) in [5.41, 5.74) is 0.712. The molecule has 43 heavy (non-hydrogen) atoms. The largest absolute Gasteiger partial charge is 0.494 e. The second-order valence-electron chi connectivity index (χ2n) is 9.83. The van der Waals surface area contributed by atoms with Crippen molar-refractivity contribution >= 4 is 62.5 Å². The average Bonchev–Trinajstić information content (AvgIpc) is 2.99. The number of anilines is 1. The van der Waals surface area contributed by atoms with E-state index < -0.39 is 28.5 Å². The van der Waals surface area contributed by atoms with Crippen molar-refractivity contribution in [2.75, 3.05) is 23.7 Å². The summed E-state index contributed by atoms with van der Waals surface area (Å²) in [5, 5.41) is 3.55. The Labute approximate surface area is 268 Å². The summed E-state index contributed by atoms with van der Waals surface area (Å²) in [5.74, 6) is -0.431. The molecule has 2 amide bonds. The smallest absolute Gasteiger partial charge is 0.264 e. The van der Waals surface area contributed by atoms with Gasteiger partial charge in [-0.2, -0.15) is 0 Å². The highest BCUT2D eigenvalue weighted by atomic mass is 35.5. The van der Waals surface area contributed by atoms with Crippen LogP contribution in [0.1, 0.15) is 39.7 Å². The summed E-state index contributed by atoms with van der Waals surface area (Å²) in [6.45, 7) is 7.00. The predicted molar refractivity (Wildman–Crippen MR) is 175 cm³/mol. The van der Waals surface area contributed by atoms with Crippen LogP contribution in [-0.2, 0) is 26.2 Å². The van der Waals surface area contributed by atoms with E-state index >= 15 is 0 Å². The Morgan fingerprint density at radius 2 is 1.56 bits per heavy atom. The van der Waals surface area contributed by atoms with Crippen molar-refractivity contribution in [3.8, 4) is 5.75 Å². The number of halogens is 2. The van der Waals surface area contributed by atoms with Crippen LogP contribution in [0.15, 0.2) is 76.5 Å². The van der Waals surface area contributed by atoms with Crippen LogP contribution in [0.3, 0.4) is 0 Å². The minimum atomic E-state index is -4.21. The van der Waals surface area contributed by atoms with Crippen molar-refractivity contribution < 1.29 is 22.7 Å². The van der Waals surface area contributed by atoms with Gasteiger partial charge in [0.25, 0.3) is 10.0 Å². The molecule has 0 aromatic heterocycles. The maximum Gasteiger partial charge on any atom is 0.264 e. The minimum Gasteiger partial charge on any atom is -0.494 e. The molecule has 0 aliphatic heterocycles. The molecule has 0 aliphatic carbocycles. The molecule has 0 unspecified atom stereocenters. The molecular weight excluding hydrogens is 629 g/mol. The van der Waals surface area contributed by atoms with Gasteiger partial charge in [-0.25, -0.2) is 8.42 Å². The van der Waals surface area contributed by atoms with E-state index in [1.165, 1.54) is 28.8 Å². The first-order valence-corrected chi connectivity index (χ1v) is 17.3. The summed E-state index contributed by atoms with van der Waals surface area (Å²) >= 11 is 14.4. The molecule has 0 heterocycles. The summed E-state index contributed by atoms with van der Waals surface area (Å²) in [6.07, 6.45) is 2.59. The van der Waals surface area contributed by atoms with Crippen molar-refractivity contribution in [3.63, 3.8) is 0 Å². The van der Waals surface area contributed by atoms with Crippen LogP contribution in [0.25, 0.3) is 0 Å². The van der Waals surface area contributed by atoms with Gasteiger partial charge in [0, 0.05) is 33.1 Å². The van der Waals surface area contributed by atoms with E-state index in [0.717, 1.165) is 9.20 Å². The highest BCUT2D eigenvalue weighted by molar-refractivity contribution is 7.98. The molecule has 232 valence electrons. The maximum atomic E-state index is 14.1. The molecule has 0 bridgehead atoms. The molecule has 12 heteroatoms. The Hall–Kier alpha value is -2.92. The van der Waals surface area contributed by atoms with Gasteiger partial charge in [-0.15, -0.1) is 11.8 Å². The van der Waals surface area contributed by atoms with Gasteiger partial charge in [0.2, 0.25) is 11.8 Å². The Morgan fingerprint density at radius 3 is 2.09 bits per heavy atom. The normalized spacial score (nSPS) is 12.7. The Kier molecular flexibility index (Phi) is 12.6. The number of hydrogen-bond acceptors (Lipinski definition) is 6. The van der Waals surface area contributed by atoms with Crippen LogP contribution >= 0.6 is 35.0 Å². The van der Waals surface area contributed by atoms with Crippen LogP contribution in [0.5, 0.6) is 5.75 Å². The van der Waals surface area contributed by atoms with Crippen LogP contribution < -0.4 is 14.4 Å². The number of benzene rings is 3. The molecule has 1 N–H and O–H groups in total. The first kappa shape index (κ1) is 34.6. The number of amides is 2. The third-order valence-corrected chi connectivity index (χ3v) is 10.2. The number of hydrogen-bond donors (Lipinski definition) is 1. The number of nitrogens with zero attached hydrogens (tertiary/aromatic N) is 2. The van der Waals surface area contributed by atoms with Crippen molar-refractivity contribution in [3.05, 3.63) is 82.3 Å². The van der Waals surface area contributed by atoms with E-state index in [2.05, 4.69) is 5.32 Å². The molecule has 0 saturated heterocycles.